The molecule has 2 rings (SSSR count). The second-order valence-corrected chi connectivity index (χ2v) is 7.58. The Labute approximate surface area is 129 Å². The van der Waals surface area contributed by atoms with Crippen LogP contribution in [0.15, 0.2) is 38.5 Å². The number of hydrogen-bond acceptors (Lipinski definition) is 5. The molecule has 5 nitrogen and oxygen atoms in total. The summed E-state index contributed by atoms with van der Waals surface area (Å²) in [6, 6.07) is 5.09. The molecule has 0 amide bonds. The molecule has 2 heterocycles. The minimum atomic E-state index is -3.64. The lowest BCUT2D eigenvalue weighted by molar-refractivity contribution is 0.392. The predicted molar refractivity (Wildman–Crippen MR) is 83.7 cm³/mol. The molecule has 0 saturated carbocycles. The molecule has 2 N–H and O–H groups in total. The van der Waals surface area contributed by atoms with Crippen molar-refractivity contribution in [3.63, 3.8) is 0 Å². The Kier molecular flexibility index (Phi) is 5.21. The normalized spacial score (nSPS) is 13.7. The fourth-order valence-electron chi connectivity index (χ4n) is 1.78. The van der Waals surface area contributed by atoms with Gasteiger partial charge in [-0.05, 0) is 41.4 Å². The van der Waals surface area contributed by atoms with Crippen molar-refractivity contribution in [2.24, 2.45) is 0 Å². The van der Waals surface area contributed by atoms with Crippen LogP contribution in [0.4, 0.5) is 0 Å². The SMILES string of the molecule is CC(C)NCc1ccc(S(=O)(=O)NC(C)c2ccsc2)o1. The first-order valence-corrected chi connectivity index (χ1v) is 9.17. The maximum Gasteiger partial charge on any atom is 0.274 e. The molecule has 2 aromatic rings. The average molecular weight is 328 g/mol. The zero-order valence-corrected chi connectivity index (χ0v) is 13.9. The quantitative estimate of drug-likeness (QED) is 0.820. The average Bonchev–Trinajstić information content (AvgIpc) is 3.07. The van der Waals surface area contributed by atoms with E-state index in [-0.39, 0.29) is 11.1 Å². The van der Waals surface area contributed by atoms with Crippen molar-refractivity contribution in [2.45, 2.75) is 44.5 Å². The van der Waals surface area contributed by atoms with Gasteiger partial charge in [0.05, 0.1) is 6.54 Å². The summed E-state index contributed by atoms with van der Waals surface area (Å²) in [5.74, 6) is 0.604. The van der Waals surface area contributed by atoms with E-state index >= 15 is 0 Å². The van der Waals surface area contributed by atoms with Crippen LogP contribution in [-0.4, -0.2) is 14.5 Å². The molecule has 0 aliphatic heterocycles. The lowest BCUT2D eigenvalue weighted by Gasteiger charge is -2.11. The van der Waals surface area contributed by atoms with E-state index in [2.05, 4.69) is 10.0 Å². The molecule has 21 heavy (non-hydrogen) atoms. The first-order valence-electron chi connectivity index (χ1n) is 6.75. The molecular weight excluding hydrogens is 308 g/mol. The van der Waals surface area contributed by atoms with Gasteiger partial charge in [0.15, 0.2) is 0 Å². The molecule has 0 aliphatic rings. The van der Waals surface area contributed by atoms with E-state index in [0.717, 1.165) is 5.56 Å². The summed E-state index contributed by atoms with van der Waals surface area (Å²) < 4.78 is 32.6. The molecule has 0 spiro atoms. The predicted octanol–water partition coefficient (Wildman–Crippen LogP) is 2.88. The molecule has 1 atom stereocenters. The largest absolute Gasteiger partial charge is 0.447 e. The molecule has 1 unspecified atom stereocenters. The summed E-state index contributed by atoms with van der Waals surface area (Å²) in [6.45, 7) is 6.35. The minimum Gasteiger partial charge on any atom is -0.447 e. The van der Waals surface area contributed by atoms with Crippen LogP contribution in [0.25, 0.3) is 0 Å². The van der Waals surface area contributed by atoms with E-state index in [4.69, 9.17) is 4.42 Å². The van der Waals surface area contributed by atoms with Gasteiger partial charge < -0.3 is 9.73 Å². The second-order valence-electron chi connectivity index (χ2n) is 5.16. The van der Waals surface area contributed by atoms with Crippen molar-refractivity contribution >= 4 is 21.4 Å². The summed E-state index contributed by atoms with van der Waals surface area (Å²) >= 11 is 1.54. The van der Waals surface area contributed by atoms with Crippen molar-refractivity contribution in [1.82, 2.24) is 10.0 Å². The monoisotopic (exact) mass is 328 g/mol. The van der Waals surface area contributed by atoms with Crippen molar-refractivity contribution in [3.8, 4) is 0 Å². The van der Waals surface area contributed by atoms with Gasteiger partial charge in [-0.1, -0.05) is 13.8 Å². The van der Waals surface area contributed by atoms with Gasteiger partial charge in [0.1, 0.15) is 5.76 Å². The molecule has 0 saturated heterocycles. The smallest absolute Gasteiger partial charge is 0.274 e. The van der Waals surface area contributed by atoms with Crippen LogP contribution in [0.1, 0.15) is 38.1 Å². The van der Waals surface area contributed by atoms with Crippen LogP contribution in [0, 0.1) is 0 Å². The minimum absolute atomic E-state index is 0.0508. The van der Waals surface area contributed by atoms with Crippen LogP contribution in [-0.2, 0) is 16.6 Å². The Balaban J connectivity index is 2.05. The van der Waals surface area contributed by atoms with E-state index in [0.29, 0.717) is 18.3 Å². The molecule has 2 aromatic heterocycles. The van der Waals surface area contributed by atoms with Crippen molar-refractivity contribution in [3.05, 3.63) is 40.3 Å². The molecule has 116 valence electrons. The lowest BCUT2D eigenvalue weighted by Crippen LogP contribution is -2.26. The Bertz CT molecular complexity index is 660. The zero-order chi connectivity index (χ0) is 15.5. The van der Waals surface area contributed by atoms with Crippen molar-refractivity contribution in [1.29, 1.82) is 0 Å². The Morgan fingerprint density at radius 2 is 2.00 bits per heavy atom. The summed E-state index contributed by atoms with van der Waals surface area (Å²) in [7, 11) is -3.64. The number of furan rings is 1. The van der Waals surface area contributed by atoms with Crippen LogP contribution >= 0.6 is 11.3 Å². The Morgan fingerprint density at radius 3 is 2.62 bits per heavy atom. The Hall–Kier alpha value is -1.15. The number of nitrogens with one attached hydrogen (secondary N) is 2. The van der Waals surface area contributed by atoms with Crippen LogP contribution in [0.5, 0.6) is 0 Å². The van der Waals surface area contributed by atoms with Crippen molar-refractivity contribution < 1.29 is 12.8 Å². The highest BCUT2D eigenvalue weighted by atomic mass is 32.2. The molecule has 7 heteroatoms. The van der Waals surface area contributed by atoms with Crippen LogP contribution in [0.3, 0.4) is 0 Å². The molecule has 0 aromatic carbocycles. The summed E-state index contributed by atoms with van der Waals surface area (Å²) in [4.78, 5) is 0. The van der Waals surface area contributed by atoms with Gasteiger partial charge in [0.2, 0.25) is 5.09 Å². The van der Waals surface area contributed by atoms with E-state index in [1.807, 2.05) is 37.6 Å². The van der Waals surface area contributed by atoms with Gasteiger partial charge in [-0.2, -0.15) is 11.3 Å². The molecule has 0 aliphatic carbocycles. The number of sulfonamides is 1. The topological polar surface area (TPSA) is 71.3 Å². The third-order valence-electron chi connectivity index (χ3n) is 2.96. The number of hydrogen-bond donors (Lipinski definition) is 2. The summed E-state index contributed by atoms with van der Waals surface area (Å²) in [6.07, 6.45) is 0. The van der Waals surface area contributed by atoms with E-state index < -0.39 is 10.0 Å². The molecule has 0 radical (unpaired) electrons. The Morgan fingerprint density at radius 1 is 1.24 bits per heavy atom. The van der Waals surface area contributed by atoms with E-state index in [1.54, 1.807) is 6.07 Å². The van der Waals surface area contributed by atoms with Gasteiger partial charge in [-0.15, -0.1) is 0 Å². The third kappa shape index (κ3) is 4.41. The fraction of sp³-hybridized carbons (Fsp3) is 0.429. The first-order chi connectivity index (χ1) is 9.88. The van der Waals surface area contributed by atoms with Gasteiger partial charge >= 0.3 is 0 Å². The standard InChI is InChI=1S/C14H20N2O3S2/c1-10(2)15-8-13-4-5-14(19-13)21(17,18)16-11(3)12-6-7-20-9-12/h4-7,9-11,15-16H,8H2,1-3H3. The van der Waals surface area contributed by atoms with Gasteiger partial charge in [-0.3, -0.25) is 0 Å². The van der Waals surface area contributed by atoms with Gasteiger partial charge in [0.25, 0.3) is 10.0 Å². The number of rotatable bonds is 7. The van der Waals surface area contributed by atoms with Crippen molar-refractivity contribution in [2.75, 3.05) is 0 Å². The molecular formula is C14H20N2O3S2. The third-order valence-corrected chi connectivity index (χ3v) is 5.08. The maximum absolute atomic E-state index is 12.3. The van der Waals surface area contributed by atoms with Crippen LogP contribution in [0.2, 0.25) is 0 Å². The highest BCUT2D eigenvalue weighted by Crippen LogP contribution is 2.20. The summed E-state index contributed by atoms with van der Waals surface area (Å²) in [5, 5.41) is 6.97. The van der Waals surface area contributed by atoms with E-state index in [9.17, 15) is 8.42 Å². The highest BCUT2D eigenvalue weighted by molar-refractivity contribution is 7.89. The van der Waals surface area contributed by atoms with E-state index in [1.165, 1.54) is 17.4 Å². The maximum atomic E-state index is 12.3. The fourth-order valence-corrected chi connectivity index (χ4v) is 3.72. The summed E-state index contributed by atoms with van der Waals surface area (Å²) in [5.41, 5.74) is 0.942. The first kappa shape index (κ1) is 16.2. The number of thiophene rings is 1. The van der Waals surface area contributed by atoms with Gasteiger partial charge in [0, 0.05) is 12.1 Å². The second kappa shape index (κ2) is 6.74. The molecule has 0 bridgehead atoms. The zero-order valence-electron chi connectivity index (χ0n) is 12.3. The van der Waals surface area contributed by atoms with Crippen LogP contribution < -0.4 is 10.0 Å². The van der Waals surface area contributed by atoms with Gasteiger partial charge in [-0.25, -0.2) is 13.1 Å². The highest BCUT2D eigenvalue weighted by Gasteiger charge is 2.22. The molecule has 0 fully saturated rings. The lowest BCUT2D eigenvalue weighted by atomic mass is 10.2.